The molecule has 3 N–H and O–H groups in total. The molecule has 1 rings (SSSR count). The molecular weight excluding hydrogens is 242 g/mol. The van der Waals surface area contributed by atoms with Crippen molar-refractivity contribution in [3.8, 4) is 5.75 Å². The second-order valence-corrected chi connectivity index (χ2v) is 5.10. The number of rotatable bonds is 1. The van der Waals surface area contributed by atoms with Crippen LogP contribution in [0, 0.1) is 13.8 Å². The standard InChI is InChI=1S/C11H16BrNO/c1-6-5-8(12)7(2)9(10(6)14)11(3,4)13/h5,14H,13H2,1-4H3. The van der Waals surface area contributed by atoms with Crippen molar-refractivity contribution in [3.63, 3.8) is 0 Å². The first-order chi connectivity index (χ1) is 6.25. The van der Waals surface area contributed by atoms with Crippen LogP contribution in [0.25, 0.3) is 0 Å². The molecule has 0 aliphatic carbocycles. The maximum absolute atomic E-state index is 9.94. The maximum Gasteiger partial charge on any atom is 0.123 e. The summed E-state index contributed by atoms with van der Waals surface area (Å²) < 4.78 is 0.987. The molecule has 0 fully saturated rings. The lowest BCUT2D eigenvalue weighted by atomic mass is 9.89. The molecule has 0 saturated carbocycles. The highest BCUT2D eigenvalue weighted by atomic mass is 79.9. The Labute approximate surface area is 93.3 Å². The monoisotopic (exact) mass is 257 g/mol. The van der Waals surface area contributed by atoms with Crippen molar-refractivity contribution in [1.29, 1.82) is 0 Å². The molecule has 0 heterocycles. The van der Waals surface area contributed by atoms with E-state index in [9.17, 15) is 5.11 Å². The molecule has 0 aliphatic rings. The Morgan fingerprint density at radius 2 is 1.86 bits per heavy atom. The number of hydrogen-bond donors (Lipinski definition) is 2. The van der Waals surface area contributed by atoms with Crippen molar-refractivity contribution < 1.29 is 5.11 Å². The van der Waals surface area contributed by atoms with E-state index in [1.54, 1.807) is 0 Å². The van der Waals surface area contributed by atoms with Gasteiger partial charge in [0.15, 0.2) is 0 Å². The predicted molar refractivity (Wildman–Crippen MR) is 62.5 cm³/mol. The lowest BCUT2D eigenvalue weighted by molar-refractivity contribution is 0.435. The molecule has 0 amide bonds. The van der Waals surface area contributed by atoms with Crippen LogP contribution < -0.4 is 5.73 Å². The summed E-state index contributed by atoms with van der Waals surface area (Å²) in [5, 5.41) is 9.94. The van der Waals surface area contributed by atoms with Gasteiger partial charge in [-0.1, -0.05) is 15.9 Å². The van der Waals surface area contributed by atoms with Gasteiger partial charge in [0, 0.05) is 15.6 Å². The topological polar surface area (TPSA) is 46.2 Å². The van der Waals surface area contributed by atoms with E-state index in [-0.39, 0.29) is 0 Å². The summed E-state index contributed by atoms with van der Waals surface area (Å²) >= 11 is 3.46. The molecular formula is C11H16BrNO. The van der Waals surface area contributed by atoms with Crippen molar-refractivity contribution in [2.45, 2.75) is 33.2 Å². The lowest BCUT2D eigenvalue weighted by Gasteiger charge is -2.24. The van der Waals surface area contributed by atoms with Crippen molar-refractivity contribution in [2.75, 3.05) is 0 Å². The number of aromatic hydroxyl groups is 1. The normalized spacial score (nSPS) is 11.9. The Balaban J connectivity index is 3.56. The summed E-state index contributed by atoms with van der Waals surface area (Å²) in [5.74, 6) is 0.304. The zero-order valence-corrected chi connectivity index (χ0v) is 10.6. The highest BCUT2D eigenvalue weighted by molar-refractivity contribution is 9.10. The SMILES string of the molecule is Cc1cc(Br)c(C)c(C(C)(C)N)c1O. The fourth-order valence-corrected chi connectivity index (χ4v) is 2.19. The fraction of sp³-hybridized carbons (Fsp3) is 0.455. The molecule has 0 atom stereocenters. The van der Waals surface area contributed by atoms with Crippen LogP contribution in [0.4, 0.5) is 0 Å². The third-order valence-electron chi connectivity index (χ3n) is 2.33. The molecule has 78 valence electrons. The minimum atomic E-state index is -0.525. The van der Waals surface area contributed by atoms with Gasteiger partial charge in [0.05, 0.1) is 0 Å². The third kappa shape index (κ3) is 1.93. The van der Waals surface area contributed by atoms with Crippen LogP contribution in [0.2, 0.25) is 0 Å². The minimum Gasteiger partial charge on any atom is -0.507 e. The molecule has 1 aromatic carbocycles. The van der Waals surface area contributed by atoms with Gasteiger partial charge in [0.25, 0.3) is 0 Å². The van der Waals surface area contributed by atoms with E-state index in [2.05, 4.69) is 15.9 Å². The van der Waals surface area contributed by atoms with E-state index in [1.807, 2.05) is 33.8 Å². The van der Waals surface area contributed by atoms with E-state index in [4.69, 9.17) is 5.73 Å². The van der Waals surface area contributed by atoms with Crippen LogP contribution in [0.15, 0.2) is 10.5 Å². The Hall–Kier alpha value is -0.540. The molecule has 0 spiro atoms. The van der Waals surface area contributed by atoms with Gasteiger partial charge in [-0.05, 0) is 44.9 Å². The molecule has 0 unspecified atom stereocenters. The highest BCUT2D eigenvalue weighted by Crippen LogP contribution is 2.36. The largest absolute Gasteiger partial charge is 0.507 e. The molecule has 3 heteroatoms. The molecule has 0 radical (unpaired) electrons. The van der Waals surface area contributed by atoms with Crippen LogP contribution >= 0.6 is 15.9 Å². The smallest absolute Gasteiger partial charge is 0.123 e. The number of nitrogens with two attached hydrogens (primary N) is 1. The van der Waals surface area contributed by atoms with Crippen molar-refractivity contribution in [3.05, 3.63) is 27.2 Å². The number of phenolic OH excluding ortho intramolecular Hbond substituents is 1. The first kappa shape index (κ1) is 11.5. The van der Waals surface area contributed by atoms with Crippen LogP contribution in [0.1, 0.15) is 30.5 Å². The Morgan fingerprint density at radius 1 is 1.36 bits per heavy atom. The number of phenols is 1. The van der Waals surface area contributed by atoms with Gasteiger partial charge in [0.1, 0.15) is 5.75 Å². The fourth-order valence-electron chi connectivity index (χ4n) is 1.65. The highest BCUT2D eigenvalue weighted by Gasteiger charge is 2.23. The molecule has 1 aromatic rings. The van der Waals surface area contributed by atoms with E-state index >= 15 is 0 Å². The minimum absolute atomic E-state index is 0.304. The van der Waals surface area contributed by atoms with E-state index in [0.29, 0.717) is 5.75 Å². The van der Waals surface area contributed by atoms with Gasteiger partial charge >= 0.3 is 0 Å². The molecule has 0 bridgehead atoms. The van der Waals surface area contributed by atoms with Crippen molar-refractivity contribution in [2.24, 2.45) is 5.73 Å². The average Bonchev–Trinajstić information content (AvgIpc) is 1.98. The van der Waals surface area contributed by atoms with Crippen LogP contribution in [0.3, 0.4) is 0 Å². The first-order valence-electron chi connectivity index (χ1n) is 4.53. The van der Waals surface area contributed by atoms with E-state index in [0.717, 1.165) is 21.2 Å². The summed E-state index contributed by atoms with van der Waals surface area (Å²) in [5.41, 5.74) is 8.14. The van der Waals surface area contributed by atoms with Gasteiger partial charge in [-0.3, -0.25) is 0 Å². The Kier molecular flexibility index (Phi) is 2.93. The average molecular weight is 258 g/mol. The van der Waals surface area contributed by atoms with E-state index < -0.39 is 5.54 Å². The van der Waals surface area contributed by atoms with Crippen molar-refractivity contribution in [1.82, 2.24) is 0 Å². The van der Waals surface area contributed by atoms with Gasteiger partial charge in [-0.2, -0.15) is 0 Å². The van der Waals surface area contributed by atoms with Crippen LogP contribution in [-0.2, 0) is 5.54 Å². The maximum atomic E-state index is 9.94. The number of halogens is 1. The molecule has 0 saturated heterocycles. The zero-order valence-electron chi connectivity index (χ0n) is 8.98. The molecule has 14 heavy (non-hydrogen) atoms. The number of aryl methyl sites for hydroxylation is 1. The summed E-state index contributed by atoms with van der Waals surface area (Å²) in [6.45, 7) is 7.60. The molecule has 0 aromatic heterocycles. The van der Waals surface area contributed by atoms with Crippen LogP contribution in [-0.4, -0.2) is 5.11 Å². The predicted octanol–water partition coefficient (Wildman–Crippen LogP) is 2.97. The van der Waals surface area contributed by atoms with Gasteiger partial charge < -0.3 is 10.8 Å². The van der Waals surface area contributed by atoms with Gasteiger partial charge in [-0.25, -0.2) is 0 Å². The van der Waals surface area contributed by atoms with Gasteiger partial charge in [-0.15, -0.1) is 0 Å². The quantitative estimate of drug-likeness (QED) is 0.813. The zero-order chi connectivity index (χ0) is 11.1. The van der Waals surface area contributed by atoms with Crippen LogP contribution in [0.5, 0.6) is 5.75 Å². The Morgan fingerprint density at radius 3 is 2.29 bits per heavy atom. The van der Waals surface area contributed by atoms with Crippen molar-refractivity contribution >= 4 is 15.9 Å². The molecule has 2 nitrogen and oxygen atoms in total. The third-order valence-corrected chi connectivity index (χ3v) is 3.15. The second-order valence-electron chi connectivity index (χ2n) is 4.25. The molecule has 0 aliphatic heterocycles. The first-order valence-corrected chi connectivity index (χ1v) is 5.32. The number of hydrogen-bond acceptors (Lipinski definition) is 2. The lowest BCUT2D eigenvalue weighted by Crippen LogP contribution is -2.30. The summed E-state index contributed by atoms with van der Waals surface area (Å²) in [4.78, 5) is 0. The number of benzene rings is 1. The van der Waals surface area contributed by atoms with E-state index in [1.165, 1.54) is 0 Å². The summed E-state index contributed by atoms with van der Waals surface area (Å²) in [6.07, 6.45) is 0. The van der Waals surface area contributed by atoms with Gasteiger partial charge in [0.2, 0.25) is 0 Å². The second kappa shape index (κ2) is 3.55. The summed E-state index contributed by atoms with van der Waals surface area (Å²) in [7, 11) is 0. The Bertz CT molecular complexity index is 340. The summed E-state index contributed by atoms with van der Waals surface area (Å²) in [6, 6.07) is 1.90.